The van der Waals surface area contributed by atoms with Gasteiger partial charge in [0, 0.05) is 11.6 Å². The van der Waals surface area contributed by atoms with Crippen LogP contribution in [0.1, 0.15) is 6.92 Å². The van der Waals surface area contributed by atoms with Gasteiger partial charge in [-0.25, -0.2) is 0 Å². The Balaban J connectivity index is 2.08. The molecule has 0 radical (unpaired) electrons. The molecule has 1 aliphatic rings. The first-order valence-electron chi connectivity index (χ1n) is 6.90. The predicted octanol–water partition coefficient (Wildman–Crippen LogP) is 2.55. The molecule has 1 fully saturated rings. The van der Waals surface area contributed by atoms with Crippen LogP contribution in [-0.4, -0.2) is 30.7 Å². The van der Waals surface area contributed by atoms with Crippen molar-refractivity contribution in [2.45, 2.75) is 23.7 Å². The van der Waals surface area contributed by atoms with E-state index in [2.05, 4.69) is 5.32 Å². The second kappa shape index (κ2) is 5.99. The van der Waals surface area contributed by atoms with E-state index >= 15 is 0 Å². The van der Waals surface area contributed by atoms with Crippen molar-refractivity contribution in [1.29, 1.82) is 0 Å². The van der Waals surface area contributed by atoms with Crippen molar-refractivity contribution in [2.24, 2.45) is 11.8 Å². The van der Waals surface area contributed by atoms with Gasteiger partial charge in [0.05, 0.1) is 11.6 Å². The maximum absolute atomic E-state index is 13.3. The Kier molecular flexibility index (Phi) is 4.60. The first kappa shape index (κ1) is 19.2. The van der Waals surface area contributed by atoms with Crippen LogP contribution in [0.25, 0.3) is 0 Å². The van der Waals surface area contributed by atoms with Gasteiger partial charge in [-0.15, -0.1) is 0 Å². The summed E-state index contributed by atoms with van der Waals surface area (Å²) in [6.07, 6.45) is 1.39. The average Bonchev–Trinajstić information content (AvgIpc) is 2.45. The molecule has 2 rings (SSSR count). The van der Waals surface area contributed by atoms with Crippen molar-refractivity contribution in [1.82, 2.24) is 0 Å². The van der Waals surface area contributed by atoms with Crippen LogP contribution in [0.5, 0.6) is 0 Å². The van der Waals surface area contributed by atoms with E-state index in [9.17, 15) is 30.8 Å². The molecule has 0 bridgehead atoms. The number of halogens is 4. The second-order valence-electron chi connectivity index (χ2n) is 5.64. The highest BCUT2D eigenvalue weighted by molar-refractivity contribution is 7.86. The fourth-order valence-electron chi connectivity index (χ4n) is 2.49. The van der Waals surface area contributed by atoms with Crippen LogP contribution in [0.2, 0.25) is 0 Å². The number of benzene rings is 1. The molecular formula is C14H14F4N2O4S. The molecule has 0 aromatic heterocycles. The van der Waals surface area contributed by atoms with Crippen molar-refractivity contribution in [2.75, 3.05) is 11.1 Å². The van der Waals surface area contributed by atoms with Gasteiger partial charge in [-0.2, -0.15) is 26.0 Å². The van der Waals surface area contributed by atoms with Crippen LogP contribution < -0.4 is 11.1 Å². The minimum atomic E-state index is -4.53. The Morgan fingerprint density at radius 1 is 1.28 bits per heavy atom. The summed E-state index contributed by atoms with van der Waals surface area (Å²) in [5.41, 5.74) is 5.11. The zero-order valence-electron chi connectivity index (χ0n) is 12.7. The van der Waals surface area contributed by atoms with E-state index in [0.717, 1.165) is 25.1 Å². The van der Waals surface area contributed by atoms with Crippen molar-refractivity contribution >= 4 is 27.4 Å². The van der Waals surface area contributed by atoms with Crippen LogP contribution in [0.15, 0.2) is 35.2 Å². The third-order valence-corrected chi connectivity index (χ3v) is 4.91. The molecule has 1 aliphatic carbocycles. The number of anilines is 2. The van der Waals surface area contributed by atoms with E-state index in [4.69, 9.17) is 10.3 Å². The Morgan fingerprint density at radius 3 is 2.36 bits per heavy atom. The number of hydrogen-bond donors (Lipinski definition) is 3. The van der Waals surface area contributed by atoms with Gasteiger partial charge in [-0.1, -0.05) is 13.0 Å². The molecule has 0 saturated heterocycles. The average molecular weight is 382 g/mol. The highest BCUT2D eigenvalue weighted by atomic mass is 32.2. The minimum Gasteiger partial charge on any atom is -0.398 e. The summed E-state index contributed by atoms with van der Waals surface area (Å²) >= 11 is 0. The van der Waals surface area contributed by atoms with Crippen LogP contribution >= 0.6 is 0 Å². The number of carbonyl (C=O) groups excluding carboxylic acids is 1. The summed E-state index contributed by atoms with van der Waals surface area (Å²) in [4.78, 5) is 11.1. The highest BCUT2D eigenvalue weighted by Crippen LogP contribution is 2.59. The topological polar surface area (TPSA) is 109 Å². The Bertz CT molecular complexity index is 839. The molecule has 11 heteroatoms. The highest BCUT2D eigenvalue weighted by Gasteiger charge is 2.75. The van der Waals surface area contributed by atoms with E-state index in [0.29, 0.717) is 12.2 Å². The van der Waals surface area contributed by atoms with Gasteiger partial charge in [0.15, 0.2) is 0 Å². The predicted molar refractivity (Wildman–Crippen MR) is 81.0 cm³/mol. The Hall–Kier alpha value is -2.14. The van der Waals surface area contributed by atoms with E-state index in [-0.39, 0.29) is 11.4 Å². The van der Waals surface area contributed by atoms with Gasteiger partial charge in [-0.05, 0) is 24.3 Å². The van der Waals surface area contributed by atoms with Gasteiger partial charge in [0.25, 0.3) is 10.1 Å². The molecule has 0 aliphatic heterocycles. The quantitative estimate of drug-likeness (QED) is 0.321. The minimum absolute atomic E-state index is 0.0262. The molecule has 138 valence electrons. The van der Waals surface area contributed by atoms with Gasteiger partial charge in [-0.3, -0.25) is 9.35 Å². The maximum atomic E-state index is 13.3. The van der Waals surface area contributed by atoms with Crippen molar-refractivity contribution in [3.8, 4) is 0 Å². The number of carbonyl (C=O) groups is 1. The van der Waals surface area contributed by atoms with E-state index in [1.54, 1.807) is 0 Å². The third kappa shape index (κ3) is 3.33. The third-order valence-electron chi connectivity index (χ3n) is 3.98. The number of nitrogens with two attached hydrogens (primary N) is 1. The first-order chi connectivity index (χ1) is 11.3. The molecule has 25 heavy (non-hydrogen) atoms. The first-order valence-corrected chi connectivity index (χ1v) is 8.34. The zero-order chi connectivity index (χ0) is 19.2. The van der Waals surface area contributed by atoms with E-state index in [1.807, 2.05) is 0 Å². The number of amides is 1. The fourth-order valence-corrected chi connectivity index (χ4v) is 3.09. The number of alkyl halides is 4. The van der Waals surface area contributed by atoms with E-state index in [1.165, 1.54) is 0 Å². The lowest BCUT2D eigenvalue weighted by Crippen LogP contribution is -2.64. The molecule has 2 unspecified atom stereocenters. The number of rotatable bonds is 4. The van der Waals surface area contributed by atoms with E-state index < -0.39 is 44.6 Å². The number of hydrogen-bond acceptors (Lipinski definition) is 4. The fraction of sp³-hybridized carbons (Fsp3) is 0.357. The van der Waals surface area contributed by atoms with Crippen molar-refractivity contribution in [3.63, 3.8) is 0 Å². The molecule has 6 nitrogen and oxygen atoms in total. The molecule has 0 spiro atoms. The standard InChI is InChI=1S/C14H14F4N2O4S/c1-7-9(14(17,18)13(7,15)16)3-5-12(21)20-8-2-4-11(10(19)6-8)25(22,23)24/h2-7,9H,19H2,1H3,(H,20,21)(H,22,23,24). The molecule has 4 N–H and O–H groups in total. The summed E-state index contributed by atoms with van der Waals surface area (Å²) in [5.74, 6) is -12.6. The summed E-state index contributed by atoms with van der Waals surface area (Å²) in [6, 6.07) is 3.08. The summed E-state index contributed by atoms with van der Waals surface area (Å²) in [6.45, 7) is 0.957. The van der Waals surface area contributed by atoms with Crippen molar-refractivity contribution in [3.05, 3.63) is 30.4 Å². The molecule has 2 atom stereocenters. The van der Waals surface area contributed by atoms with Crippen LogP contribution in [0.4, 0.5) is 28.9 Å². The van der Waals surface area contributed by atoms with Gasteiger partial charge >= 0.3 is 11.8 Å². The normalized spacial score (nSPS) is 24.7. The SMILES string of the molecule is CC1C(C=CC(=O)Nc2ccc(S(=O)(=O)O)c(N)c2)C(F)(F)C1(F)F. The number of allylic oxidation sites excluding steroid dienone is 1. The lowest BCUT2D eigenvalue weighted by molar-refractivity contribution is -0.336. The number of nitrogen functional groups attached to an aromatic ring is 1. The number of nitrogens with one attached hydrogen (secondary N) is 1. The zero-order valence-corrected chi connectivity index (χ0v) is 13.5. The molecule has 1 amide bonds. The summed E-state index contributed by atoms with van der Waals surface area (Å²) in [5, 5.41) is 2.21. The molecule has 1 aromatic carbocycles. The lowest BCUT2D eigenvalue weighted by atomic mass is 9.67. The Morgan fingerprint density at radius 2 is 1.88 bits per heavy atom. The van der Waals surface area contributed by atoms with Crippen molar-refractivity contribution < 1.29 is 35.3 Å². The Labute approximate surface area is 140 Å². The largest absolute Gasteiger partial charge is 0.398 e. The van der Waals surface area contributed by atoms with Gasteiger partial charge in [0.1, 0.15) is 4.90 Å². The molecule has 0 heterocycles. The second-order valence-corrected chi connectivity index (χ2v) is 7.03. The summed E-state index contributed by atoms with van der Waals surface area (Å²) < 4.78 is 83.5. The molecule has 1 aromatic rings. The maximum Gasteiger partial charge on any atom is 0.317 e. The molecular weight excluding hydrogens is 368 g/mol. The van der Waals surface area contributed by atoms with Crippen LogP contribution in [-0.2, 0) is 14.9 Å². The van der Waals surface area contributed by atoms with Gasteiger partial charge < -0.3 is 11.1 Å². The smallest absolute Gasteiger partial charge is 0.317 e. The summed E-state index contributed by atoms with van der Waals surface area (Å²) in [7, 11) is -4.53. The molecule has 1 saturated carbocycles. The van der Waals surface area contributed by atoms with Crippen LogP contribution in [0, 0.1) is 11.8 Å². The lowest BCUT2D eigenvalue weighted by Gasteiger charge is -2.48. The van der Waals surface area contributed by atoms with Crippen LogP contribution in [0.3, 0.4) is 0 Å². The monoisotopic (exact) mass is 382 g/mol. The van der Waals surface area contributed by atoms with Gasteiger partial charge in [0.2, 0.25) is 5.91 Å².